The van der Waals surface area contributed by atoms with Gasteiger partial charge in [0, 0.05) is 25.2 Å². The van der Waals surface area contributed by atoms with Crippen molar-refractivity contribution in [2.75, 3.05) is 52.9 Å². The number of piperidine rings is 1. The number of unbranched alkanes of at least 4 members (excludes halogenated alkanes) is 1. The molecule has 3 heteroatoms. The largest absolute Gasteiger partial charge is 0.306 e. The number of rotatable bonds is 6. The van der Waals surface area contributed by atoms with Crippen LogP contribution in [0.1, 0.15) is 52.9 Å². The van der Waals surface area contributed by atoms with Crippen molar-refractivity contribution in [2.24, 2.45) is 5.92 Å². The molecule has 0 atom stereocenters. The number of nitrogens with zero attached hydrogens (tertiary/aromatic N) is 3. The van der Waals surface area contributed by atoms with Crippen LogP contribution in [0.15, 0.2) is 0 Å². The number of piperazine rings is 1. The van der Waals surface area contributed by atoms with Crippen molar-refractivity contribution in [3.05, 3.63) is 0 Å². The lowest BCUT2D eigenvalue weighted by Crippen LogP contribution is -2.59. The van der Waals surface area contributed by atoms with Gasteiger partial charge in [-0.25, -0.2) is 0 Å². The number of likely N-dealkylation sites (tertiary alicyclic amines) is 1. The molecule has 0 radical (unpaired) electrons. The summed E-state index contributed by atoms with van der Waals surface area (Å²) in [7, 11) is 2.26. The van der Waals surface area contributed by atoms with Crippen molar-refractivity contribution in [2.45, 2.75) is 58.4 Å². The van der Waals surface area contributed by atoms with Crippen molar-refractivity contribution < 1.29 is 0 Å². The summed E-state index contributed by atoms with van der Waals surface area (Å²) in [6, 6.07) is 0. The fraction of sp³-hybridized carbons (Fsp3) is 1.00. The maximum absolute atomic E-state index is 2.72. The van der Waals surface area contributed by atoms with E-state index in [2.05, 4.69) is 42.5 Å². The molecule has 0 bridgehead atoms. The predicted octanol–water partition coefficient (Wildman–Crippen LogP) is 2.91. The summed E-state index contributed by atoms with van der Waals surface area (Å²) in [5.74, 6) is 0.974. The molecule has 0 amide bonds. The molecular weight excluding hydrogens is 258 g/mol. The molecule has 0 saturated carbocycles. The number of hydrogen-bond acceptors (Lipinski definition) is 3. The van der Waals surface area contributed by atoms with Gasteiger partial charge in [-0.1, -0.05) is 13.3 Å². The Morgan fingerprint density at radius 1 is 1.00 bits per heavy atom. The average Bonchev–Trinajstić information content (AvgIpc) is 2.45. The minimum absolute atomic E-state index is 0.361. The second kappa shape index (κ2) is 7.94. The molecule has 2 aliphatic heterocycles. The molecule has 2 fully saturated rings. The van der Waals surface area contributed by atoms with E-state index in [1.54, 1.807) is 0 Å². The zero-order chi connectivity index (χ0) is 15.3. The van der Waals surface area contributed by atoms with Crippen LogP contribution in [0.25, 0.3) is 0 Å². The number of hydrogen-bond donors (Lipinski definition) is 0. The Bertz CT molecular complexity index is 295. The van der Waals surface area contributed by atoms with E-state index in [1.807, 2.05) is 0 Å². The topological polar surface area (TPSA) is 9.72 Å². The molecule has 0 aliphatic carbocycles. The van der Waals surface area contributed by atoms with Gasteiger partial charge in [-0.3, -0.25) is 4.90 Å². The van der Waals surface area contributed by atoms with Crippen molar-refractivity contribution >= 4 is 0 Å². The molecule has 2 heterocycles. The second-order valence-corrected chi connectivity index (χ2v) is 7.96. The van der Waals surface area contributed by atoms with Gasteiger partial charge in [-0.2, -0.15) is 0 Å². The average molecular weight is 296 g/mol. The smallest absolute Gasteiger partial charge is 0.0280 e. The summed E-state index contributed by atoms with van der Waals surface area (Å²) >= 11 is 0. The van der Waals surface area contributed by atoms with Crippen molar-refractivity contribution in [1.82, 2.24) is 14.7 Å². The third-order valence-corrected chi connectivity index (χ3v) is 5.63. The van der Waals surface area contributed by atoms with Crippen LogP contribution in [-0.2, 0) is 0 Å². The summed E-state index contributed by atoms with van der Waals surface area (Å²) in [5.41, 5.74) is 0.361. The molecule has 21 heavy (non-hydrogen) atoms. The van der Waals surface area contributed by atoms with Crippen LogP contribution in [0.2, 0.25) is 0 Å². The van der Waals surface area contributed by atoms with E-state index in [0.29, 0.717) is 5.54 Å². The quantitative estimate of drug-likeness (QED) is 0.746. The lowest BCUT2D eigenvalue weighted by Gasteiger charge is -2.47. The van der Waals surface area contributed by atoms with Gasteiger partial charge >= 0.3 is 0 Å². The SMILES string of the molecule is CCCCN1CCN(CCC2CCN(C)CC2)CC1(C)C. The van der Waals surface area contributed by atoms with Crippen molar-refractivity contribution in [3.8, 4) is 0 Å². The molecule has 0 aromatic rings. The minimum Gasteiger partial charge on any atom is -0.306 e. The van der Waals surface area contributed by atoms with Gasteiger partial charge in [0.15, 0.2) is 0 Å². The Labute approximate surface area is 132 Å². The summed E-state index contributed by atoms with van der Waals surface area (Å²) in [4.78, 5) is 7.91. The van der Waals surface area contributed by atoms with Gasteiger partial charge in [-0.05, 0) is 78.7 Å². The van der Waals surface area contributed by atoms with Gasteiger partial charge in [0.1, 0.15) is 0 Å². The van der Waals surface area contributed by atoms with Crippen LogP contribution in [-0.4, -0.2) is 73.1 Å². The van der Waals surface area contributed by atoms with Crippen molar-refractivity contribution in [3.63, 3.8) is 0 Å². The summed E-state index contributed by atoms with van der Waals surface area (Å²) in [6.07, 6.45) is 6.90. The van der Waals surface area contributed by atoms with Gasteiger partial charge in [0.05, 0.1) is 0 Å². The summed E-state index contributed by atoms with van der Waals surface area (Å²) < 4.78 is 0. The third kappa shape index (κ3) is 5.22. The Morgan fingerprint density at radius 3 is 2.33 bits per heavy atom. The molecule has 2 aliphatic rings. The molecule has 0 N–H and O–H groups in total. The molecule has 0 aromatic carbocycles. The second-order valence-electron chi connectivity index (χ2n) is 7.96. The monoisotopic (exact) mass is 295 g/mol. The first-order valence-electron chi connectivity index (χ1n) is 9.17. The van der Waals surface area contributed by atoms with Gasteiger partial charge in [0.25, 0.3) is 0 Å². The molecular formula is C18H37N3. The van der Waals surface area contributed by atoms with E-state index in [0.717, 1.165) is 5.92 Å². The molecule has 0 spiro atoms. The van der Waals surface area contributed by atoms with Crippen LogP contribution >= 0.6 is 0 Å². The van der Waals surface area contributed by atoms with Gasteiger partial charge in [-0.15, -0.1) is 0 Å². The zero-order valence-electron chi connectivity index (χ0n) is 14.9. The first-order valence-corrected chi connectivity index (χ1v) is 9.17. The first kappa shape index (κ1) is 17.2. The normalized spacial score (nSPS) is 26.3. The molecule has 0 unspecified atom stereocenters. The third-order valence-electron chi connectivity index (χ3n) is 5.63. The van der Waals surface area contributed by atoms with E-state index in [4.69, 9.17) is 0 Å². The highest BCUT2D eigenvalue weighted by atomic mass is 15.3. The highest BCUT2D eigenvalue weighted by Gasteiger charge is 2.33. The Morgan fingerprint density at radius 2 is 1.71 bits per heavy atom. The molecule has 124 valence electrons. The van der Waals surface area contributed by atoms with Crippen molar-refractivity contribution in [1.29, 1.82) is 0 Å². The van der Waals surface area contributed by atoms with Crippen LogP contribution in [0.3, 0.4) is 0 Å². The maximum atomic E-state index is 2.72. The summed E-state index contributed by atoms with van der Waals surface area (Å²) in [5, 5.41) is 0. The Hall–Kier alpha value is -0.120. The van der Waals surface area contributed by atoms with Crippen LogP contribution < -0.4 is 0 Å². The lowest BCUT2D eigenvalue weighted by atomic mass is 9.92. The molecule has 2 rings (SSSR count). The fourth-order valence-electron chi connectivity index (χ4n) is 3.96. The van der Waals surface area contributed by atoms with Gasteiger partial charge in [0.2, 0.25) is 0 Å². The lowest BCUT2D eigenvalue weighted by molar-refractivity contribution is 0.0156. The van der Waals surface area contributed by atoms with Crippen LogP contribution in [0.4, 0.5) is 0 Å². The zero-order valence-corrected chi connectivity index (χ0v) is 14.9. The highest BCUT2D eigenvalue weighted by molar-refractivity contribution is 4.90. The van der Waals surface area contributed by atoms with E-state index in [-0.39, 0.29) is 0 Å². The van der Waals surface area contributed by atoms with E-state index in [9.17, 15) is 0 Å². The predicted molar refractivity (Wildman–Crippen MR) is 91.8 cm³/mol. The van der Waals surface area contributed by atoms with Gasteiger partial charge < -0.3 is 9.80 Å². The molecule has 3 nitrogen and oxygen atoms in total. The molecule has 0 aromatic heterocycles. The van der Waals surface area contributed by atoms with E-state index >= 15 is 0 Å². The van der Waals surface area contributed by atoms with Crippen LogP contribution in [0, 0.1) is 5.92 Å². The Balaban J connectivity index is 1.71. The van der Waals surface area contributed by atoms with E-state index < -0.39 is 0 Å². The van der Waals surface area contributed by atoms with Crippen LogP contribution in [0.5, 0.6) is 0 Å². The maximum Gasteiger partial charge on any atom is 0.0280 e. The first-order chi connectivity index (χ1) is 10.0. The highest BCUT2D eigenvalue weighted by Crippen LogP contribution is 2.24. The Kier molecular flexibility index (Phi) is 6.51. The standard InChI is InChI=1S/C18H37N3/c1-5-6-10-21-15-14-20(16-18(21,2)3)13-9-17-7-11-19(4)12-8-17/h17H,5-16H2,1-4H3. The summed E-state index contributed by atoms with van der Waals surface area (Å²) in [6.45, 7) is 16.2. The van der Waals surface area contributed by atoms with E-state index in [1.165, 1.54) is 77.9 Å². The minimum atomic E-state index is 0.361. The molecule has 2 saturated heterocycles. The fourth-order valence-corrected chi connectivity index (χ4v) is 3.96.